The molecule has 0 atom stereocenters. The smallest absolute Gasteiger partial charge is 0.339 e. The molecule has 0 spiro atoms. The average Bonchev–Trinajstić information content (AvgIpc) is 2.91. The van der Waals surface area contributed by atoms with Crippen LogP contribution >= 0.6 is 0 Å². The number of fused-ring (bicyclic) bond motifs is 1. The topological polar surface area (TPSA) is 86.8 Å². The van der Waals surface area contributed by atoms with Gasteiger partial charge in [0.05, 0.1) is 31.0 Å². The first-order chi connectivity index (χ1) is 17.5. The monoisotopic (exact) mass is 484 g/mol. The maximum absolute atomic E-state index is 13.1. The van der Waals surface area contributed by atoms with Gasteiger partial charge in [0.1, 0.15) is 0 Å². The molecule has 0 saturated carbocycles. The van der Waals surface area contributed by atoms with Crippen molar-refractivity contribution in [2.75, 3.05) is 27.4 Å². The number of aromatic nitrogens is 1. The molecule has 184 valence electrons. The number of nitrogens with zero attached hydrogens (tertiary/aromatic N) is 1. The molecule has 1 N–H and O–H groups in total. The number of ether oxygens (including phenoxy) is 3. The minimum Gasteiger partial charge on any atom is -0.493 e. The number of hydrogen-bond donors (Lipinski definition) is 1. The summed E-state index contributed by atoms with van der Waals surface area (Å²) < 4.78 is 16.0. The van der Waals surface area contributed by atoms with Crippen molar-refractivity contribution in [2.24, 2.45) is 0 Å². The van der Waals surface area contributed by atoms with Crippen LogP contribution in [0.15, 0.2) is 72.8 Å². The Bertz CT molecular complexity index is 1390. The maximum Gasteiger partial charge on any atom is 0.339 e. The van der Waals surface area contributed by atoms with Crippen LogP contribution in [0.4, 0.5) is 0 Å². The van der Waals surface area contributed by atoms with Crippen LogP contribution in [0.1, 0.15) is 21.5 Å². The Morgan fingerprint density at radius 1 is 0.889 bits per heavy atom. The van der Waals surface area contributed by atoms with Crippen LogP contribution in [0, 0.1) is 6.92 Å². The minimum absolute atomic E-state index is 0.372. The summed E-state index contributed by atoms with van der Waals surface area (Å²) in [4.78, 5) is 30.3. The zero-order chi connectivity index (χ0) is 25.5. The van der Waals surface area contributed by atoms with Crippen molar-refractivity contribution >= 4 is 22.8 Å². The molecule has 0 radical (unpaired) electrons. The Hall–Kier alpha value is -4.39. The fourth-order valence-electron chi connectivity index (χ4n) is 4.08. The Balaban J connectivity index is 1.43. The first-order valence-electron chi connectivity index (χ1n) is 11.6. The highest BCUT2D eigenvalue weighted by atomic mass is 16.5. The summed E-state index contributed by atoms with van der Waals surface area (Å²) in [6, 6.07) is 22.7. The molecule has 0 aliphatic carbocycles. The standard InChI is InChI=1S/C29H28N2O5/c1-19-27(22-11-7-8-12-23(22)31-28(19)21-9-5-4-6-10-21)29(33)36-18-26(32)30-16-15-20-13-14-24(34-2)25(17-20)35-3/h4-14,17H,15-16,18H2,1-3H3,(H,30,32). The lowest BCUT2D eigenvalue weighted by Gasteiger charge is -2.14. The lowest BCUT2D eigenvalue weighted by Crippen LogP contribution is -2.30. The number of carbonyl (C=O) groups excluding carboxylic acids is 2. The van der Waals surface area contributed by atoms with E-state index in [4.69, 9.17) is 19.2 Å². The second kappa shape index (κ2) is 11.4. The van der Waals surface area contributed by atoms with E-state index >= 15 is 0 Å². The van der Waals surface area contributed by atoms with Crippen molar-refractivity contribution in [3.05, 3.63) is 89.5 Å². The third-order valence-electron chi connectivity index (χ3n) is 5.91. The summed E-state index contributed by atoms with van der Waals surface area (Å²) in [6.45, 7) is 1.87. The molecule has 4 aromatic rings. The van der Waals surface area contributed by atoms with Gasteiger partial charge >= 0.3 is 5.97 Å². The molecular weight excluding hydrogens is 456 g/mol. The minimum atomic E-state index is -0.557. The van der Waals surface area contributed by atoms with Crippen molar-refractivity contribution < 1.29 is 23.8 Å². The zero-order valence-electron chi connectivity index (χ0n) is 20.5. The Kier molecular flexibility index (Phi) is 7.80. The van der Waals surface area contributed by atoms with Crippen molar-refractivity contribution in [1.29, 1.82) is 0 Å². The van der Waals surface area contributed by atoms with E-state index in [0.717, 1.165) is 11.1 Å². The van der Waals surface area contributed by atoms with Crippen LogP contribution in [-0.4, -0.2) is 44.2 Å². The van der Waals surface area contributed by atoms with Gasteiger partial charge in [0.2, 0.25) is 0 Å². The van der Waals surface area contributed by atoms with Gasteiger partial charge in [-0.1, -0.05) is 54.6 Å². The van der Waals surface area contributed by atoms with Crippen molar-refractivity contribution in [1.82, 2.24) is 10.3 Å². The molecule has 1 amide bonds. The predicted octanol–water partition coefficient (Wildman–Crippen LogP) is 4.74. The van der Waals surface area contributed by atoms with Gasteiger partial charge in [-0.15, -0.1) is 0 Å². The average molecular weight is 485 g/mol. The lowest BCUT2D eigenvalue weighted by molar-refractivity contribution is -0.124. The zero-order valence-corrected chi connectivity index (χ0v) is 20.5. The van der Waals surface area contributed by atoms with Crippen molar-refractivity contribution in [2.45, 2.75) is 13.3 Å². The fraction of sp³-hybridized carbons (Fsp3) is 0.207. The Morgan fingerprint density at radius 3 is 2.36 bits per heavy atom. The normalized spacial score (nSPS) is 10.6. The van der Waals surface area contributed by atoms with Gasteiger partial charge in [-0.2, -0.15) is 0 Å². The predicted molar refractivity (Wildman–Crippen MR) is 138 cm³/mol. The van der Waals surface area contributed by atoms with E-state index < -0.39 is 5.97 Å². The molecule has 3 aromatic carbocycles. The summed E-state index contributed by atoms with van der Waals surface area (Å²) in [5.41, 5.74) is 4.41. The van der Waals surface area contributed by atoms with E-state index in [1.54, 1.807) is 14.2 Å². The van der Waals surface area contributed by atoms with Crippen LogP contribution in [0.2, 0.25) is 0 Å². The van der Waals surface area contributed by atoms with E-state index in [1.807, 2.05) is 79.7 Å². The third kappa shape index (κ3) is 5.46. The number of amides is 1. The first-order valence-corrected chi connectivity index (χ1v) is 11.6. The van der Waals surface area contributed by atoms with Crippen molar-refractivity contribution in [3.8, 4) is 22.8 Å². The molecule has 1 aromatic heterocycles. The van der Waals surface area contributed by atoms with Gasteiger partial charge in [0.25, 0.3) is 5.91 Å². The Morgan fingerprint density at radius 2 is 1.61 bits per heavy atom. The molecule has 0 aliphatic rings. The molecule has 4 rings (SSSR count). The van der Waals surface area contributed by atoms with Crippen LogP contribution in [0.3, 0.4) is 0 Å². The number of rotatable bonds is 9. The number of methoxy groups -OCH3 is 2. The lowest BCUT2D eigenvalue weighted by atomic mass is 9.98. The fourth-order valence-corrected chi connectivity index (χ4v) is 4.08. The number of nitrogens with one attached hydrogen (secondary N) is 1. The number of pyridine rings is 1. The second-order valence-electron chi connectivity index (χ2n) is 8.21. The highest BCUT2D eigenvalue weighted by molar-refractivity contribution is 6.06. The SMILES string of the molecule is COc1ccc(CCNC(=O)COC(=O)c2c(C)c(-c3ccccc3)nc3ccccc23)cc1OC. The quantitative estimate of drug-likeness (QED) is 0.345. The van der Waals surface area contributed by atoms with Crippen LogP contribution in [0.5, 0.6) is 11.5 Å². The maximum atomic E-state index is 13.1. The highest BCUT2D eigenvalue weighted by Crippen LogP contribution is 2.30. The summed E-state index contributed by atoms with van der Waals surface area (Å²) in [5.74, 6) is 0.345. The van der Waals surface area contributed by atoms with E-state index in [2.05, 4.69) is 5.32 Å². The molecule has 0 fully saturated rings. The summed E-state index contributed by atoms with van der Waals surface area (Å²) >= 11 is 0. The van der Waals surface area contributed by atoms with Crippen LogP contribution in [0.25, 0.3) is 22.2 Å². The molecule has 36 heavy (non-hydrogen) atoms. The summed E-state index contributed by atoms with van der Waals surface area (Å²) in [5, 5.41) is 3.48. The molecule has 7 nitrogen and oxygen atoms in total. The van der Waals surface area contributed by atoms with Crippen molar-refractivity contribution in [3.63, 3.8) is 0 Å². The summed E-state index contributed by atoms with van der Waals surface area (Å²) in [7, 11) is 3.16. The van der Waals surface area contributed by atoms with Gasteiger partial charge < -0.3 is 19.5 Å². The number of carbonyl (C=O) groups is 2. The third-order valence-corrected chi connectivity index (χ3v) is 5.91. The molecule has 7 heteroatoms. The van der Waals surface area contributed by atoms with E-state index in [-0.39, 0.29) is 12.5 Å². The first kappa shape index (κ1) is 24.7. The molecule has 0 unspecified atom stereocenters. The molecular formula is C29H28N2O5. The largest absolute Gasteiger partial charge is 0.493 e. The van der Waals surface area contributed by atoms with Gasteiger partial charge in [-0.3, -0.25) is 4.79 Å². The molecule has 0 aliphatic heterocycles. The van der Waals surface area contributed by atoms with Gasteiger partial charge in [0, 0.05) is 17.5 Å². The number of para-hydroxylation sites is 1. The number of hydrogen-bond acceptors (Lipinski definition) is 6. The number of esters is 1. The Labute approximate surface area is 210 Å². The van der Waals surface area contributed by atoms with Gasteiger partial charge in [0.15, 0.2) is 18.1 Å². The highest BCUT2D eigenvalue weighted by Gasteiger charge is 2.20. The van der Waals surface area contributed by atoms with Crippen LogP contribution in [-0.2, 0) is 16.0 Å². The molecule has 0 saturated heterocycles. The van der Waals surface area contributed by atoms with E-state index in [9.17, 15) is 9.59 Å². The molecule has 0 bridgehead atoms. The van der Waals surface area contributed by atoms with E-state index in [0.29, 0.717) is 52.2 Å². The number of benzene rings is 3. The van der Waals surface area contributed by atoms with Gasteiger partial charge in [-0.25, -0.2) is 9.78 Å². The van der Waals surface area contributed by atoms with Gasteiger partial charge in [-0.05, 0) is 42.7 Å². The van der Waals surface area contributed by atoms with E-state index in [1.165, 1.54) is 0 Å². The van der Waals surface area contributed by atoms with Crippen LogP contribution < -0.4 is 14.8 Å². The summed E-state index contributed by atoms with van der Waals surface area (Å²) in [6.07, 6.45) is 0.592. The second-order valence-corrected chi connectivity index (χ2v) is 8.21. The molecule has 1 heterocycles.